The highest BCUT2D eigenvalue weighted by molar-refractivity contribution is 8.21. The van der Waals surface area contributed by atoms with E-state index in [4.69, 9.17) is 0 Å². The molecule has 0 bridgehead atoms. The molecule has 0 N–H and O–H groups in total. The molecule has 0 atom stereocenters. The van der Waals surface area contributed by atoms with E-state index in [1.54, 1.807) is 0 Å². The van der Waals surface area contributed by atoms with Gasteiger partial charge in [-0.05, 0) is 109 Å². The molecule has 5 nitrogen and oxygen atoms in total. The summed E-state index contributed by atoms with van der Waals surface area (Å²) >= 11 is 0. The van der Waals surface area contributed by atoms with Gasteiger partial charge in [-0.2, -0.15) is 0 Å². The Morgan fingerprint density at radius 3 is 0.833 bits per heavy atom. The lowest BCUT2D eigenvalue weighted by atomic mass is 9.99. The lowest BCUT2D eigenvalue weighted by Gasteiger charge is -2.42. The minimum Gasteiger partial charge on any atom is -0.306 e. The zero-order chi connectivity index (χ0) is 43.6. The van der Waals surface area contributed by atoms with Gasteiger partial charge >= 0.3 is 0 Å². The van der Waals surface area contributed by atoms with Crippen LogP contribution >= 0.6 is 0 Å². The molecular weight excluding hydrogens is 825 g/mol. The smallest absolute Gasteiger partial charge is 0.0703 e. The molecule has 0 radical (unpaired) electrons. The van der Waals surface area contributed by atoms with Crippen LogP contribution in [0.15, 0.2) is 262 Å². The first-order valence-corrected chi connectivity index (χ1v) is 24.4. The Kier molecular flexibility index (Phi) is 7.58. The third-order valence-electron chi connectivity index (χ3n) is 14.0. The van der Waals surface area contributed by atoms with Crippen LogP contribution in [0.4, 0.5) is 68.2 Å². The van der Waals surface area contributed by atoms with Crippen molar-refractivity contribution in [3.8, 4) is 22.3 Å². The van der Waals surface area contributed by atoms with E-state index in [0.717, 1.165) is 110 Å². The predicted molar refractivity (Wildman–Crippen MR) is 271 cm³/mol. The van der Waals surface area contributed by atoms with Crippen LogP contribution < -0.4 is 19.6 Å². The molecule has 0 saturated carbocycles. The molecule has 0 aliphatic carbocycles. The zero-order valence-electron chi connectivity index (χ0n) is 35.7. The van der Waals surface area contributed by atoms with Crippen molar-refractivity contribution in [2.24, 2.45) is 0 Å². The molecule has 312 valence electrons. The summed E-state index contributed by atoms with van der Waals surface area (Å²) in [4.78, 5) is 12.9. The van der Waals surface area contributed by atoms with Gasteiger partial charge in [0, 0.05) is 62.3 Å². The lowest BCUT2D eigenvalue weighted by Crippen LogP contribution is -2.30. The minimum absolute atomic E-state index is 0.837. The first-order valence-electron chi connectivity index (χ1n) is 22.4. The molecular formula is C60H40N4OS. The van der Waals surface area contributed by atoms with Crippen molar-refractivity contribution in [3.63, 3.8) is 0 Å². The number of benzene rings is 10. The van der Waals surface area contributed by atoms with Gasteiger partial charge in [-0.15, -0.1) is 0 Å². The Hall–Kier alpha value is -8.45. The molecule has 14 rings (SSSR count). The molecule has 10 aromatic rings. The van der Waals surface area contributed by atoms with E-state index in [1.165, 1.54) is 0 Å². The summed E-state index contributed by atoms with van der Waals surface area (Å²) in [5.74, 6) is 0. The molecule has 0 aromatic heterocycles. The average molecular weight is 865 g/mol. The molecule has 66 heavy (non-hydrogen) atoms. The average Bonchev–Trinajstić information content (AvgIpc) is 3.78. The summed E-state index contributed by atoms with van der Waals surface area (Å²) in [6.07, 6.45) is 0. The molecule has 4 heterocycles. The first-order chi connectivity index (χ1) is 32.6. The fourth-order valence-electron chi connectivity index (χ4n) is 11.5. The highest BCUT2D eigenvalue weighted by Crippen LogP contribution is 2.74. The monoisotopic (exact) mass is 864 g/mol. The van der Waals surface area contributed by atoms with Crippen molar-refractivity contribution in [2.75, 3.05) is 19.6 Å². The summed E-state index contributed by atoms with van der Waals surface area (Å²) < 4.78 is 18.3. The summed E-state index contributed by atoms with van der Waals surface area (Å²) in [5, 5.41) is 0. The van der Waals surface area contributed by atoms with E-state index in [1.807, 2.05) is 0 Å². The molecule has 0 unspecified atom stereocenters. The van der Waals surface area contributed by atoms with Crippen molar-refractivity contribution < 1.29 is 4.21 Å². The number of hydrogen-bond acceptors (Lipinski definition) is 5. The van der Waals surface area contributed by atoms with Crippen LogP contribution in [-0.4, -0.2) is 4.21 Å². The van der Waals surface area contributed by atoms with Crippen LogP contribution in [-0.2, 0) is 9.07 Å². The van der Waals surface area contributed by atoms with Crippen LogP contribution in [0.5, 0.6) is 0 Å². The molecule has 0 amide bonds. The Labute approximate surface area is 383 Å². The Morgan fingerprint density at radius 1 is 0.227 bits per heavy atom. The van der Waals surface area contributed by atoms with Gasteiger partial charge in [0.2, 0.25) is 0 Å². The van der Waals surface area contributed by atoms with Gasteiger partial charge in [0.1, 0.15) is 0 Å². The molecule has 6 heteroatoms. The third-order valence-corrected chi connectivity index (χ3v) is 18.7. The van der Waals surface area contributed by atoms with Gasteiger partial charge < -0.3 is 19.6 Å². The zero-order valence-corrected chi connectivity index (χ0v) is 36.5. The lowest BCUT2D eigenvalue weighted by molar-refractivity contribution is 0.658. The van der Waals surface area contributed by atoms with Gasteiger partial charge in [0.15, 0.2) is 0 Å². The van der Waals surface area contributed by atoms with Gasteiger partial charge in [0.25, 0.3) is 0 Å². The quantitative estimate of drug-likeness (QED) is 0.176. The van der Waals surface area contributed by atoms with Crippen molar-refractivity contribution >= 4 is 77.3 Å². The number of anilines is 12. The first kappa shape index (κ1) is 37.0. The Bertz CT molecular complexity index is 3380. The second-order valence-electron chi connectivity index (χ2n) is 17.2. The maximum Gasteiger partial charge on any atom is 0.0703 e. The molecule has 4 aliphatic rings. The number of nitrogens with zero attached hydrogens (tertiary/aromatic N) is 4. The largest absolute Gasteiger partial charge is 0.306 e. The maximum absolute atomic E-state index is 18.3. The van der Waals surface area contributed by atoms with E-state index in [-0.39, 0.29) is 0 Å². The van der Waals surface area contributed by atoms with Gasteiger partial charge in [-0.3, -0.25) is 4.21 Å². The van der Waals surface area contributed by atoms with Crippen LogP contribution in [0.3, 0.4) is 0 Å². The Morgan fingerprint density at radius 2 is 0.485 bits per heavy atom. The van der Waals surface area contributed by atoms with E-state index in [2.05, 4.69) is 262 Å². The highest BCUT2D eigenvalue weighted by Gasteiger charge is 2.59. The molecule has 4 aliphatic heterocycles. The number of fused-ring (bicyclic) bond motifs is 14. The molecule has 0 fully saturated rings. The van der Waals surface area contributed by atoms with Crippen LogP contribution in [0, 0.1) is 0 Å². The SMILES string of the molecule is O=S12(c3ccccc3-c3c(N4c5ccccc5N(c5ccccc5)c5ccccc54)cccc31)c1ccccc1-c1c(N3c4ccccc4N(c4ccccc4)c4ccccc43)cccc12. The third kappa shape index (κ3) is 4.60. The topological polar surface area (TPSA) is 30.0 Å². The van der Waals surface area contributed by atoms with Crippen LogP contribution in [0.1, 0.15) is 0 Å². The Balaban J connectivity index is 1.04. The fourth-order valence-corrected chi connectivity index (χ4v) is 16.6. The molecule has 1 spiro atoms. The van der Waals surface area contributed by atoms with Crippen molar-refractivity contribution in [3.05, 3.63) is 243 Å². The summed E-state index contributed by atoms with van der Waals surface area (Å²) in [5.41, 5.74) is 16.6. The van der Waals surface area contributed by atoms with E-state index in [0.29, 0.717) is 0 Å². The van der Waals surface area contributed by atoms with Crippen LogP contribution in [0.2, 0.25) is 0 Å². The summed E-state index contributed by atoms with van der Waals surface area (Å²) in [6, 6.07) is 85.6. The van der Waals surface area contributed by atoms with E-state index >= 15 is 4.21 Å². The molecule has 10 aromatic carbocycles. The van der Waals surface area contributed by atoms with Gasteiger partial charge in [0.05, 0.1) is 56.9 Å². The second kappa shape index (κ2) is 13.5. The van der Waals surface area contributed by atoms with E-state index < -0.39 is 9.07 Å². The maximum atomic E-state index is 18.3. The van der Waals surface area contributed by atoms with Gasteiger partial charge in [-0.25, -0.2) is 0 Å². The normalized spacial score (nSPS) is 15.5. The predicted octanol–water partition coefficient (Wildman–Crippen LogP) is 16.5. The summed E-state index contributed by atoms with van der Waals surface area (Å²) in [6.45, 7) is 0. The highest BCUT2D eigenvalue weighted by atomic mass is 32.3. The number of hydrogen-bond donors (Lipinski definition) is 0. The van der Waals surface area contributed by atoms with Gasteiger partial charge in [-0.1, -0.05) is 133 Å². The van der Waals surface area contributed by atoms with Crippen molar-refractivity contribution in [2.45, 2.75) is 19.6 Å². The number of rotatable bonds is 4. The van der Waals surface area contributed by atoms with Crippen LogP contribution in [0.25, 0.3) is 22.3 Å². The standard InChI is InChI=1S/C60H40N4OS/c65-66(55-37-17-7-25-43(55)59-53(35-19-39-57(59)66)63-49-31-13-9-27-45(49)61(41-21-3-1-4-22-41)46-28-10-14-32-50(46)63)56-38-18-8-26-44(56)60-54(36-20-40-58(60)66)64-51-33-15-11-29-47(51)62(42-23-5-2-6-24-42)48-30-12-16-34-52(48)64/h1-40H. The number of para-hydroxylation sites is 10. The summed E-state index contributed by atoms with van der Waals surface area (Å²) in [7, 11) is -4.32. The minimum atomic E-state index is -4.32. The van der Waals surface area contributed by atoms with Crippen molar-refractivity contribution in [1.82, 2.24) is 0 Å². The second-order valence-corrected chi connectivity index (χ2v) is 20.9. The fraction of sp³-hybridized carbons (Fsp3) is 0. The van der Waals surface area contributed by atoms with Crippen molar-refractivity contribution in [1.29, 1.82) is 0 Å². The molecule has 0 saturated heterocycles. The van der Waals surface area contributed by atoms with E-state index in [9.17, 15) is 0 Å².